The fourth-order valence-electron chi connectivity index (χ4n) is 3.51. The summed E-state index contributed by atoms with van der Waals surface area (Å²) in [5, 5.41) is 7.90. The summed E-state index contributed by atoms with van der Waals surface area (Å²) in [6.07, 6.45) is 7.70. The van der Waals surface area contributed by atoms with E-state index in [1.54, 1.807) is 42.9 Å². The predicted octanol–water partition coefficient (Wildman–Crippen LogP) is 5.42. The number of thiophene rings is 1. The quantitative estimate of drug-likeness (QED) is 0.305. The lowest BCUT2D eigenvalue weighted by molar-refractivity contribution is 0.0947. The smallest absolute Gasteiger partial charge is 0.283 e. The van der Waals surface area contributed by atoms with Crippen molar-refractivity contribution in [3.8, 4) is 11.3 Å². The lowest BCUT2D eigenvalue weighted by Gasteiger charge is -2.08. The number of nitrogens with zero attached hydrogens (tertiary/aromatic N) is 4. The van der Waals surface area contributed by atoms with Gasteiger partial charge in [-0.15, -0.1) is 11.3 Å². The van der Waals surface area contributed by atoms with Crippen molar-refractivity contribution in [2.24, 2.45) is 0 Å². The van der Waals surface area contributed by atoms with Gasteiger partial charge in [0, 0.05) is 29.5 Å². The molecule has 0 saturated heterocycles. The van der Waals surface area contributed by atoms with E-state index in [1.165, 1.54) is 33.1 Å². The number of pyridine rings is 2. The second kappa shape index (κ2) is 9.91. The molecule has 35 heavy (non-hydrogen) atoms. The third-order valence-electron chi connectivity index (χ3n) is 5.22. The molecule has 0 aliphatic heterocycles. The van der Waals surface area contributed by atoms with Crippen molar-refractivity contribution in [3.63, 3.8) is 0 Å². The summed E-state index contributed by atoms with van der Waals surface area (Å²) in [5.74, 6) is -0.0170. The molecule has 5 heterocycles. The molecule has 0 aliphatic carbocycles. The van der Waals surface area contributed by atoms with E-state index in [1.807, 2.05) is 18.2 Å². The normalized spacial score (nSPS) is 11.0. The maximum Gasteiger partial charge on any atom is 0.283 e. The van der Waals surface area contributed by atoms with E-state index in [0.717, 1.165) is 10.4 Å². The highest BCUT2D eigenvalue weighted by molar-refractivity contribution is 7.16. The fraction of sp³-hybridized carbons (Fsp3) is 0.0833. The second-order valence-electron chi connectivity index (χ2n) is 7.53. The Balaban J connectivity index is 1.54. The minimum atomic E-state index is -0.416. The topological polar surface area (TPSA) is 94.9 Å². The molecule has 0 saturated carbocycles. The molecule has 176 valence electrons. The molecular weight excluding hydrogens is 509 g/mol. The highest BCUT2D eigenvalue weighted by Crippen LogP contribution is 2.28. The van der Waals surface area contributed by atoms with E-state index >= 15 is 0 Å². The number of rotatable bonds is 7. The molecule has 0 spiro atoms. The number of aromatic nitrogens is 4. The summed E-state index contributed by atoms with van der Waals surface area (Å²) >= 11 is 13.9. The Hall–Kier alpha value is -3.66. The molecule has 0 atom stereocenters. The van der Waals surface area contributed by atoms with Crippen molar-refractivity contribution < 1.29 is 9.21 Å². The summed E-state index contributed by atoms with van der Waals surface area (Å²) < 4.78 is 8.46. The van der Waals surface area contributed by atoms with Crippen LogP contribution in [0.2, 0.25) is 9.36 Å². The Labute approximate surface area is 213 Å². The van der Waals surface area contributed by atoms with Gasteiger partial charge in [0.05, 0.1) is 39.8 Å². The van der Waals surface area contributed by atoms with Crippen molar-refractivity contribution in [1.29, 1.82) is 0 Å². The van der Waals surface area contributed by atoms with Gasteiger partial charge in [-0.1, -0.05) is 23.2 Å². The van der Waals surface area contributed by atoms with Gasteiger partial charge in [-0.05, 0) is 42.0 Å². The highest BCUT2D eigenvalue weighted by Gasteiger charge is 2.21. The standard InChI is InChI=1S/C24H17Cl2N5O3S/c25-18-5-9-30(13-15-3-7-27-8-4-15)24(33)22(18)19-11-21(28-12-17-1-2-20(26)35-17)31(29-19)23(32)16-6-10-34-14-16/h1-11,14,28H,12-13H2. The number of carbonyl (C=O) groups is 1. The Bertz CT molecular complexity index is 1540. The summed E-state index contributed by atoms with van der Waals surface area (Å²) in [6.45, 7) is 0.750. The minimum Gasteiger partial charge on any atom is -0.472 e. The second-order valence-corrected chi connectivity index (χ2v) is 9.74. The fourth-order valence-corrected chi connectivity index (χ4v) is 4.77. The Morgan fingerprint density at radius 1 is 1.11 bits per heavy atom. The third-order valence-corrected chi connectivity index (χ3v) is 6.76. The number of hydrogen-bond donors (Lipinski definition) is 1. The molecule has 0 unspecified atom stereocenters. The van der Waals surface area contributed by atoms with E-state index < -0.39 is 5.91 Å². The zero-order chi connectivity index (χ0) is 24.4. The molecule has 5 aromatic rings. The first kappa shape index (κ1) is 23.1. The molecule has 8 nitrogen and oxygen atoms in total. The number of carbonyl (C=O) groups excluding carboxylic acids is 1. The first-order valence-electron chi connectivity index (χ1n) is 10.4. The van der Waals surface area contributed by atoms with E-state index in [0.29, 0.717) is 28.8 Å². The molecule has 0 radical (unpaired) electrons. The van der Waals surface area contributed by atoms with Gasteiger partial charge in [0.15, 0.2) is 0 Å². The molecule has 11 heteroatoms. The monoisotopic (exact) mass is 525 g/mol. The van der Waals surface area contributed by atoms with Crippen molar-refractivity contribution in [2.45, 2.75) is 13.1 Å². The molecule has 5 aromatic heterocycles. The first-order chi connectivity index (χ1) is 17.0. The highest BCUT2D eigenvalue weighted by atomic mass is 35.5. The molecule has 0 fully saturated rings. The lowest BCUT2D eigenvalue weighted by atomic mass is 10.2. The zero-order valence-electron chi connectivity index (χ0n) is 18.0. The van der Waals surface area contributed by atoms with Crippen LogP contribution in [0.4, 0.5) is 5.82 Å². The Kier molecular flexibility index (Phi) is 6.54. The van der Waals surface area contributed by atoms with Gasteiger partial charge >= 0.3 is 0 Å². The van der Waals surface area contributed by atoms with E-state index in [2.05, 4.69) is 15.4 Å². The Morgan fingerprint density at radius 3 is 2.66 bits per heavy atom. The van der Waals surface area contributed by atoms with Gasteiger partial charge in [-0.2, -0.15) is 9.78 Å². The SMILES string of the molecule is O=C(c1ccoc1)n1nc(-c2c(Cl)ccn(Cc3ccncc3)c2=O)cc1NCc1ccc(Cl)s1. The van der Waals surface area contributed by atoms with Crippen LogP contribution in [0.3, 0.4) is 0 Å². The van der Waals surface area contributed by atoms with Crippen LogP contribution in [0, 0.1) is 0 Å². The van der Waals surface area contributed by atoms with Crippen molar-refractivity contribution in [1.82, 2.24) is 19.3 Å². The number of nitrogens with one attached hydrogen (secondary N) is 1. The van der Waals surface area contributed by atoms with Crippen molar-refractivity contribution >= 4 is 46.3 Å². The summed E-state index contributed by atoms with van der Waals surface area (Å²) in [4.78, 5) is 31.5. The van der Waals surface area contributed by atoms with Crippen LogP contribution in [0.5, 0.6) is 0 Å². The van der Waals surface area contributed by atoms with E-state index in [9.17, 15) is 9.59 Å². The molecular formula is C24H17Cl2N5O3S. The van der Waals surface area contributed by atoms with Crippen molar-refractivity contribution in [3.05, 3.63) is 109 Å². The Morgan fingerprint density at radius 2 is 1.94 bits per heavy atom. The van der Waals surface area contributed by atoms with Crippen LogP contribution >= 0.6 is 34.5 Å². The average Bonchev–Trinajstić information content (AvgIpc) is 3.61. The maximum absolute atomic E-state index is 13.4. The summed E-state index contributed by atoms with van der Waals surface area (Å²) in [7, 11) is 0. The largest absolute Gasteiger partial charge is 0.472 e. The van der Waals surface area contributed by atoms with Crippen LogP contribution in [0.1, 0.15) is 20.8 Å². The van der Waals surface area contributed by atoms with Gasteiger partial charge < -0.3 is 14.3 Å². The van der Waals surface area contributed by atoms with Gasteiger partial charge in [0.25, 0.3) is 11.5 Å². The number of furan rings is 1. The summed E-state index contributed by atoms with van der Waals surface area (Å²) in [5.41, 5.74) is 1.37. The number of halogens is 2. The number of anilines is 1. The predicted molar refractivity (Wildman–Crippen MR) is 135 cm³/mol. The van der Waals surface area contributed by atoms with Gasteiger partial charge in [-0.25, -0.2) is 0 Å². The molecule has 0 aliphatic rings. The third kappa shape index (κ3) is 4.93. The molecule has 1 N–H and O–H groups in total. The maximum atomic E-state index is 13.4. The van der Waals surface area contributed by atoms with E-state index in [4.69, 9.17) is 27.6 Å². The van der Waals surface area contributed by atoms with E-state index in [-0.39, 0.29) is 21.8 Å². The zero-order valence-corrected chi connectivity index (χ0v) is 20.3. The van der Waals surface area contributed by atoms with Crippen LogP contribution in [0.15, 0.2) is 82.8 Å². The molecule has 0 aromatic carbocycles. The molecule has 0 bridgehead atoms. The van der Waals surface area contributed by atoms with Gasteiger partial charge in [0.1, 0.15) is 17.8 Å². The number of hydrogen-bond acceptors (Lipinski definition) is 7. The van der Waals surface area contributed by atoms with Crippen LogP contribution in [-0.2, 0) is 13.1 Å². The van der Waals surface area contributed by atoms with Crippen LogP contribution in [0.25, 0.3) is 11.3 Å². The van der Waals surface area contributed by atoms with Crippen molar-refractivity contribution in [2.75, 3.05) is 5.32 Å². The molecule has 0 amide bonds. The first-order valence-corrected chi connectivity index (χ1v) is 12.0. The van der Waals surface area contributed by atoms with Gasteiger partial charge in [-0.3, -0.25) is 14.6 Å². The lowest BCUT2D eigenvalue weighted by Crippen LogP contribution is -2.22. The van der Waals surface area contributed by atoms with Gasteiger partial charge in [0.2, 0.25) is 0 Å². The molecule has 5 rings (SSSR count). The average molecular weight is 526 g/mol. The van der Waals surface area contributed by atoms with Crippen LogP contribution in [-0.4, -0.2) is 25.2 Å². The van der Waals surface area contributed by atoms with Crippen LogP contribution < -0.4 is 10.9 Å². The minimum absolute atomic E-state index is 0.198. The summed E-state index contributed by atoms with van der Waals surface area (Å²) in [6, 6.07) is 12.2.